The number of rotatable bonds is 1. The van der Waals surface area contributed by atoms with E-state index in [1.807, 2.05) is 7.05 Å². The van der Waals surface area contributed by atoms with Crippen LogP contribution in [0.3, 0.4) is 0 Å². The molecule has 1 rings (SSSR count). The number of hydrogen-bond donors (Lipinski definition) is 1. The summed E-state index contributed by atoms with van der Waals surface area (Å²) < 4.78 is 12.3. The summed E-state index contributed by atoms with van der Waals surface area (Å²) in [5.74, 6) is 0. The lowest BCUT2D eigenvalue weighted by molar-refractivity contribution is 0.150. The third kappa shape index (κ3) is 1.67. The molecule has 60 valence electrons. The lowest BCUT2D eigenvalue weighted by Crippen LogP contribution is -2.54. The molecule has 0 bridgehead atoms. The molecule has 2 nitrogen and oxygen atoms in total. The third-order valence-corrected chi connectivity index (χ3v) is 2.07. The fraction of sp³-hybridized carbons (Fsp3) is 1.00. The minimum atomic E-state index is -0.549. The topological polar surface area (TPSA) is 29.3 Å². The van der Waals surface area contributed by atoms with Gasteiger partial charge < -0.3 is 10.6 Å². The maximum atomic E-state index is 12.3. The van der Waals surface area contributed by atoms with Crippen molar-refractivity contribution in [3.63, 3.8) is 0 Å². The molecule has 1 fully saturated rings. The number of nitrogens with two attached hydrogens (primary N) is 1. The van der Waals surface area contributed by atoms with E-state index in [0.29, 0.717) is 6.54 Å². The third-order valence-electron chi connectivity index (χ3n) is 2.07. The van der Waals surface area contributed by atoms with Gasteiger partial charge in [0.2, 0.25) is 0 Å². The number of hydrogen-bond acceptors (Lipinski definition) is 2. The fourth-order valence-corrected chi connectivity index (χ4v) is 1.51. The van der Waals surface area contributed by atoms with Crippen LogP contribution in [-0.4, -0.2) is 37.3 Å². The highest BCUT2D eigenvalue weighted by atomic mass is 19.1. The molecule has 0 saturated carbocycles. The normalized spacial score (nSPS) is 36.3. The largest absolute Gasteiger partial charge is 0.322 e. The summed E-state index contributed by atoms with van der Waals surface area (Å²) in [6, 6.07) is 0. The summed E-state index contributed by atoms with van der Waals surface area (Å²) in [5, 5.41) is 0. The maximum Gasteiger partial charge on any atom is 0.109 e. The Morgan fingerprint density at radius 3 is 2.80 bits per heavy atom. The molecular formula is C7H15FN2. The standard InChI is InChI=1S/C7H15FN2/c1-10-4-2-3-7(9,5-8)6-10/h2-6,9H2,1H3. The molecule has 0 aromatic carbocycles. The van der Waals surface area contributed by atoms with Crippen LogP contribution in [0.4, 0.5) is 4.39 Å². The number of alkyl halides is 1. The van der Waals surface area contributed by atoms with Crippen LogP contribution in [0.15, 0.2) is 0 Å². The molecule has 1 atom stereocenters. The van der Waals surface area contributed by atoms with Crippen molar-refractivity contribution < 1.29 is 4.39 Å². The molecule has 1 aliphatic rings. The Morgan fingerprint density at radius 1 is 1.70 bits per heavy atom. The van der Waals surface area contributed by atoms with Crippen molar-refractivity contribution in [1.29, 1.82) is 0 Å². The lowest BCUT2D eigenvalue weighted by atomic mass is 9.92. The zero-order chi connectivity index (χ0) is 7.61. The highest BCUT2D eigenvalue weighted by Gasteiger charge is 2.29. The highest BCUT2D eigenvalue weighted by molar-refractivity contribution is 4.89. The van der Waals surface area contributed by atoms with E-state index >= 15 is 0 Å². The quantitative estimate of drug-likeness (QED) is 0.579. The van der Waals surface area contributed by atoms with Gasteiger partial charge in [0.05, 0.1) is 5.54 Å². The number of likely N-dealkylation sites (N-methyl/N-ethyl adjacent to an activating group) is 1. The van der Waals surface area contributed by atoms with Crippen molar-refractivity contribution in [1.82, 2.24) is 4.90 Å². The molecular weight excluding hydrogens is 131 g/mol. The zero-order valence-electron chi connectivity index (χ0n) is 6.44. The van der Waals surface area contributed by atoms with Gasteiger partial charge in [-0.2, -0.15) is 0 Å². The molecule has 0 radical (unpaired) electrons. The summed E-state index contributed by atoms with van der Waals surface area (Å²) in [5.41, 5.74) is 5.18. The molecule has 0 spiro atoms. The monoisotopic (exact) mass is 146 g/mol. The van der Waals surface area contributed by atoms with Crippen LogP contribution >= 0.6 is 0 Å². The Balaban J connectivity index is 2.45. The summed E-state index contributed by atoms with van der Waals surface area (Å²) in [4.78, 5) is 2.09. The zero-order valence-corrected chi connectivity index (χ0v) is 6.44. The van der Waals surface area contributed by atoms with E-state index < -0.39 is 12.2 Å². The first-order valence-corrected chi connectivity index (χ1v) is 3.70. The minimum absolute atomic E-state index is 0.392. The molecule has 1 aliphatic heterocycles. The van der Waals surface area contributed by atoms with E-state index in [1.54, 1.807) is 0 Å². The molecule has 3 heteroatoms. The molecule has 2 N–H and O–H groups in total. The predicted octanol–water partition coefficient (Wildman–Crippen LogP) is 0.379. The van der Waals surface area contributed by atoms with Crippen LogP contribution in [0.1, 0.15) is 12.8 Å². The van der Waals surface area contributed by atoms with Gasteiger partial charge in [-0.1, -0.05) is 0 Å². The van der Waals surface area contributed by atoms with Crippen LogP contribution in [0, 0.1) is 0 Å². The van der Waals surface area contributed by atoms with E-state index in [1.165, 1.54) is 0 Å². The van der Waals surface area contributed by atoms with Crippen molar-refractivity contribution in [2.75, 3.05) is 26.8 Å². The minimum Gasteiger partial charge on any atom is -0.322 e. The van der Waals surface area contributed by atoms with Crippen LogP contribution in [-0.2, 0) is 0 Å². The number of halogens is 1. The SMILES string of the molecule is CN1CCCC(N)(CF)C1. The van der Waals surface area contributed by atoms with Gasteiger partial charge in [-0.3, -0.25) is 0 Å². The van der Waals surface area contributed by atoms with Crippen molar-refractivity contribution in [2.45, 2.75) is 18.4 Å². The molecule has 0 aliphatic carbocycles. The number of nitrogens with zero attached hydrogens (tertiary/aromatic N) is 1. The Morgan fingerprint density at radius 2 is 2.40 bits per heavy atom. The van der Waals surface area contributed by atoms with Gasteiger partial charge in [0.15, 0.2) is 0 Å². The van der Waals surface area contributed by atoms with Crippen LogP contribution < -0.4 is 5.73 Å². The second-order valence-corrected chi connectivity index (χ2v) is 3.34. The van der Waals surface area contributed by atoms with Gasteiger partial charge in [0.1, 0.15) is 6.67 Å². The second-order valence-electron chi connectivity index (χ2n) is 3.34. The van der Waals surface area contributed by atoms with Crippen LogP contribution in [0.25, 0.3) is 0 Å². The van der Waals surface area contributed by atoms with Gasteiger partial charge in [-0.15, -0.1) is 0 Å². The van der Waals surface area contributed by atoms with E-state index in [2.05, 4.69) is 4.90 Å². The smallest absolute Gasteiger partial charge is 0.109 e. The summed E-state index contributed by atoms with van der Waals surface area (Å²) in [6.07, 6.45) is 1.85. The van der Waals surface area contributed by atoms with Gasteiger partial charge in [0, 0.05) is 6.54 Å². The molecule has 0 amide bonds. The van der Waals surface area contributed by atoms with E-state index in [0.717, 1.165) is 19.4 Å². The first-order chi connectivity index (χ1) is 4.66. The first kappa shape index (κ1) is 7.95. The molecule has 0 aromatic rings. The summed E-state index contributed by atoms with van der Waals surface area (Å²) in [6.45, 7) is 1.36. The summed E-state index contributed by atoms with van der Waals surface area (Å²) in [7, 11) is 1.98. The van der Waals surface area contributed by atoms with Crippen LogP contribution in [0.5, 0.6) is 0 Å². The Labute approximate surface area is 61.2 Å². The average Bonchev–Trinajstić information content (AvgIpc) is 1.88. The molecule has 1 heterocycles. The van der Waals surface area contributed by atoms with Gasteiger partial charge >= 0.3 is 0 Å². The van der Waals surface area contributed by atoms with E-state index in [9.17, 15) is 4.39 Å². The number of likely N-dealkylation sites (tertiary alicyclic amines) is 1. The van der Waals surface area contributed by atoms with Crippen molar-refractivity contribution >= 4 is 0 Å². The van der Waals surface area contributed by atoms with Crippen LogP contribution in [0.2, 0.25) is 0 Å². The fourth-order valence-electron chi connectivity index (χ4n) is 1.51. The van der Waals surface area contributed by atoms with Gasteiger partial charge in [-0.05, 0) is 26.4 Å². The molecule has 0 aromatic heterocycles. The molecule has 1 unspecified atom stereocenters. The summed E-state index contributed by atoms with van der Waals surface area (Å²) >= 11 is 0. The van der Waals surface area contributed by atoms with Crippen molar-refractivity contribution in [2.24, 2.45) is 5.73 Å². The first-order valence-electron chi connectivity index (χ1n) is 3.70. The van der Waals surface area contributed by atoms with E-state index in [-0.39, 0.29) is 0 Å². The number of piperidine rings is 1. The van der Waals surface area contributed by atoms with Crippen molar-refractivity contribution in [3.05, 3.63) is 0 Å². The van der Waals surface area contributed by atoms with Gasteiger partial charge in [-0.25, -0.2) is 4.39 Å². The lowest BCUT2D eigenvalue weighted by Gasteiger charge is -2.36. The Bertz CT molecular complexity index is 118. The van der Waals surface area contributed by atoms with Gasteiger partial charge in [0.25, 0.3) is 0 Å². The molecule has 1 saturated heterocycles. The Kier molecular flexibility index (Phi) is 2.26. The maximum absolute atomic E-state index is 12.3. The predicted molar refractivity (Wildman–Crippen MR) is 39.6 cm³/mol. The van der Waals surface area contributed by atoms with E-state index in [4.69, 9.17) is 5.73 Å². The van der Waals surface area contributed by atoms with Crippen molar-refractivity contribution in [3.8, 4) is 0 Å². The second kappa shape index (κ2) is 2.84. The highest BCUT2D eigenvalue weighted by Crippen LogP contribution is 2.17. The average molecular weight is 146 g/mol. The molecule has 10 heavy (non-hydrogen) atoms. The Hall–Kier alpha value is -0.150.